The van der Waals surface area contributed by atoms with Crippen molar-refractivity contribution in [3.8, 4) is 0 Å². The molecule has 3 rings (SSSR count). The maximum absolute atomic E-state index is 12.8. The minimum atomic E-state index is -3.37. The number of alkyl carbamates (subject to hydrolysis) is 1. The number of sulfonamides is 1. The van der Waals surface area contributed by atoms with Crippen LogP contribution in [-0.2, 0) is 19.6 Å². The van der Waals surface area contributed by atoms with Crippen molar-refractivity contribution in [3.63, 3.8) is 0 Å². The van der Waals surface area contributed by atoms with Gasteiger partial charge in [-0.3, -0.25) is 9.89 Å². The molecule has 0 bridgehead atoms. The van der Waals surface area contributed by atoms with Crippen molar-refractivity contribution in [1.29, 1.82) is 0 Å². The molecule has 4 atom stereocenters. The minimum absolute atomic E-state index is 0.0266. The van der Waals surface area contributed by atoms with Crippen molar-refractivity contribution in [1.82, 2.24) is 19.8 Å². The first-order valence-corrected chi connectivity index (χ1v) is 13.1. The van der Waals surface area contributed by atoms with E-state index >= 15 is 0 Å². The van der Waals surface area contributed by atoms with Gasteiger partial charge in [-0.15, -0.1) is 0 Å². The summed E-state index contributed by atoms with van der Waals surface area (Å²) in [7, 11) is -3.37. The fraction of sp³-hybridized carbons (Fsp3) is 0.762. The average Bonchev–Trinajstić information content (AvgIpc) is 3.39. The SMILES string of the molecule is CC(C)NC(=O)O[C@@H]1CC[C@H](c2cc(NC(=O)[C@@H]3C[C@@H](C(C)C)N(S(C)(=O)=O)C3)n[nH]2)C1. The van der Waals surface area contributed by atoms with E-state index in [-0.39, 0.29) is 42.5 Å². The third-order valence-corrected chi connectivity index (χ3v) is 7.49. The van der Waals surface area contributed by atoms with E-state index in [2.05, 4.69) is 20.8 Å². The van der Waals surface area contributed by atoms with Crippen LogP contribution >= 0.6 is 0 Å². The van der Waals surface area contributed by atoms with Gasteiger partial charge in [0.25, 0.3) is 0 Å². The summed E-state index contributed by atoms with van der Waals surface area (Å²) in [4.78, 5) is 24.6. The molecule has 180 valence electrons. The Bertz CT molecular complexity index is 929. The third kappa shape index (κ3) is 6.00. The number of amides is 2. The van der Waals surface area contributed by atoms with Gasteiger partial charge in [-0.25, -0.2) is 13.2 Å². The molecule has 1 aromatic heterocycles. The number of hydrogen-bond acceptors (Lipinski definition) is 6. The Morgan fingerprint density at radius 2 is 1.94 bits per heavy atom. The van der Waals surface area contributed by atoms with E-state index in [9.17, 15) is 18.0 Å². The first-order valence-electron chi connectivity index (χ1n) is 11.2. The fourth-order valence-corrected chi connectivity index (χ4v) is 5.87. The number of anilines is 1. The van der Waals surface area contributed by atoms with E-state index in [0.29, 0.717) is 18.7 Å². The largest absolute Gasteiger partial charge is 0.446 e. The number of nitrogens with one attached hydrogen (secondary N) is 3. The molecule has 0 unspecified atom stereocenters. The highest BCUT2D eigenvalue weighted by Crippen LogP contribution is 2.36. The Hall–Kier alpha value is -2.14. The van der Waals surface area contributed by atoms with Crippen molar-refractivity contribution in [2.45, 2.75) is 77.5 Å². The van der Waals surface area contributed by atoms with Crippen LogP contribution in [0.1, 0.15) is 65.0 Å². The molecule has 2 amide bonds. The highest BCUT2D eigenvalue weighted by Gasteiger charge is 2.42. The summed E-state index contributed by atoms with van der Waals surface area (Å²) in [6.45, 7) is 7.88. The predicted octanol–water partition coefficient (Wildman–Crippen LogP) is 2.42. The Morgan fingerprint density at radius 3 is 2.53 bits per heavy atom. The van der Waals surface area contributed by atoms with Crippen LogP contribution in [-0.4, -0.2) is 65.9 Å². The van der Waals surface area contributed by atoms with Gasteiger partial charge < -0.3 is 15.4 Å². The lowest BCUT2D eigenvalue weighted by Crippen LogP contribution is -2.38. The highest BCUT2D eigenvalue weighted by atomic mass is 32.2. The summed E-state index contributed by atoms with van der Waals surface area (Å²) in [5, 5.41) is 12.7. The normalized spacial score (nSPS) is 26.6. The molecular weight excluding hydrogens is 434 g/mol. The summed E-state index contributed by atoms with van der Waals surface area (Å²) < 4.78 is 31.1. The highest BCUT2D eigenvalue weighted by molar-refractivity contribution is 7.88. The average molecular weight is 470 g/mol. The van der Waals surface area contributed by atoms with Gasteiger partial charge in [-0.2, -0.15) is 9.40 Å². The Kier molecular flexibility index (Phi) is 7.49. The van der Waals surface area contributed by atoms with Crippen LogP contribution in [0.5, 0.6) is 0 Å². The molecule has 11 heteroatoms. The van der Waals surface area contributed by atoms with Crippen molar-refractivity contribution >= 4 is 27.8 Å². The van der Waals surface area contributed by atoms with Gasteiger partial charge >= 0.3 is 6.09 Å². The van der Waals surface area contributed by atoms with Gasteiger partial charge in [0, 0.05) is 36.3 Å². The number of ether oxygens (including phenoxy) is 1. The number of carbonyl (C=O) groups is 2. The number of aromatic amines is 1. The quantitative estimate of drug-likeness (QED) is 0.562. The van der Waals surface area contributed by atoms with Crippen molar-refractivity contribution in [2.24, 2.45) is 11.8 Å². The van der Waals surface area contributed by atoms with Crippen LogP contribution in [0.15, 0.2) is 6.07 Å². The first-order chi connectivity index (χ1) is 14.9. The maximum atomic E-state index is 12.8. The standard InChI is InChI=1S/C21H35N5O5S/c1-12(2)18-9-15(11-26(18)32(5,29)30)20(27)23-19-10-17(24-25-19)14-6-7-16(8-14)31-21(28)22-13(3)4/h10,12-16,18H,6-9,11H2,1-5H3,(H,22,28)(H2,23,24,25,27)/t14-,15+,16+,18-/m0/s1. The van der Waals surface area contributed by atoms with Gasteiger partial charge in [-0.05, 0) is 45.4 Å². The minimum Gasteiger partial charge on any atom is -0.446 e. The topological polar surface area (TPSA) is 133 Å². The molecule has 1 aliphatic carbocycles. The zero-order valence-electron chi connectivity index (χ0n) is 19.4. The van der Waals surface area contributed by atoms with Crippen LogP contribution < -0.4 is 10.6 Å². The number of hydrogen-bond donors (Lipinski definition) is 3. The summed E-state index contributed by atoms with van der Waals surface area (Å²) >= 11 is 0. The van der Waals surface area contributed by atoms with Crippen LogP contribution in [0, 0.1) is 11.8 Å². The van der Waals surface area contributed by atoms with Crippen molar-refractivity contribution in [3.05, 3.63) is 11.8 Å². The Balaban J connectivity index is 1.55. The summed E-state index contributed by atoms with van der Waals surface area (Å²) in [6, 6.07) is 1.65. The monoisotopic (exact) mass is 469 g/mol. The lowest BCUT2D eigenvalue weighted by atomic mass is 9.97. The lowest BCUT2D eigenvalue weighted by molar-refractivity contribution is -0.119. The molecule has 2 heterocycles. The number of rotatable bonds is 7. The molecule has 2 fully saturated rings. The summed E-state index contributed by atoms with van der Waals surface area (Å²) in [5.41, 5.74) is 0.889. The van der Waals surface area contributed by atoms with Crippen LogP contribution in [0.3, 0.4) is 0 Å². The van der Waals surface area contributed by atoms with Crippen LogP contribution in [0.25, 0.3) is 0 Å². The van der Waals surface area contributed by atoms with Gasteiger partial charge in [0.05, 0.1) is 12.2 Å². The van der Waals surface area contributed by atoms with Crippen molar-refractivity contribution < 1.29 is 22.7 Å². The molecule has 1 saturated heterocycles. The molecule has 3 N–H and O–H groups in total. The second kappa shape index (κ2) is 9.78. The van der Waals surface area contributed by atoms with Gasteiger partial charge in [-0.1, -0.05) is 13.8 Å². The first kappa shape index (κ1) is 24.5. The van der Waals surface area contributed by atoms with E-state index in [1.807, 2.05) is 33.8 Å². The molecule has 0 spiro atoms. The molecule has 1 saturated carbocycles. The van der Waals surface area contributed by atoms with Crippen molar-refractivity contribution in [2.75, 3.05) is 18.1 Å². The Morgan fingerprint density at radius 1 is 1.22 bits per heavy atom. The second-order valence-corrected chi connectivity index (χ2v) is 11.5. The molecule has 1 aromatic rings. The molecular formula is C21H35N5O5S. The zero-order chi connectivity index (χ0) is 23.6. The number of aromatic nitrogens is 2. The Labute approximate surface area is 189 Å². The van der Waals surface area contributed by atoms with Gasteiger partial charge in [0.2, 0.25) is 15.9 Å². The van der Waals surface area contributed by atoms with E-state index in [0.717, 1.165) is 18.5 Å². The van der Waals surface area contributed by atoms with Gasteiger partial charge in [0.15, 0.2) is 5.82 Å². The maximum Gasteiger partial charge on any atom is 0.407 e. The number of H-pyrrole nitrogens is 1. The van der Waals surface area contributed by atoms with Crippen LogP contribution in [0.2, 0.25) is 0 Å². The van der Waals surface area contributed by atoms with E-state index in [4.69, 9.17) is 4.74 Å². The zero-order valence-corrected chi connectivity index (χ0v) is 20.2. The van der Waals surface area contributed by atoms with E-state index < -0.39 is 22.0 Å². The molecule has 32 heavy (non-hydrogen) atoms. The summed E-state index contributed by atoms with van der Waals surface area (Å²) in [5.74, 6) is 0.0758. The second-order valence-electron chi connectivity index (χ2n) is 9.61. The number of carbonyl (C=O) groups excluding carboxylic acids is 2. The van der Waals surface area contributed by atoms with Crippen LogP contribution in [0.4, 0.5) is 10.6 Å². The molecule has 0 aromatic carbocycles. The number of nitrogens with zero attached hydrogens (tertiary/aromatic N) is 2. The lowest BCUT2D eigenvalue weighted by Gasteiger charge is -2.24. The van der Waals surface area contributed by atoms with E-state index in [1.54, 1.807) is 0 Å². The fourth-order valence-electron chi connectivity index (χ4n) is 4.60. The van der Waals surface area contributed by atoms with E-state index in [1.165, 1.54) is 10.6 Å². The van der Waals surface area contributed by atoms with Gasteiger partial charge in [0.1, 0.15) is 6.10 Å². The molecule has 0 radical (unpaired) electrons. The third-order valence-electron chi connectivity index (χ3n) is 6.22. The molecule has 10 nitrogen and oxygen atoms in total. The predicted molar refractivity (Wildman–Crippen MR) is 121 cm³/mol. The summed E-state index contributed by atoms with van der Waals surface area (Å²) in [6.07, 6.45) is 3.47. The molecule has 2 aliphatic rings. The smallest absolute Gasteiger partial charge is 0.407 e. The molecule has 1 aliphatic heterocycles.